The molecule has 1 aromatic heterocycles. The lowest BCUT2D eigenvalue weighted by Gasteiger charge is -2.37. The van der Waals surface area contributed by atoms with Crippen LogP contribution in [-0.4, -0.2) is 22.7 Å². The molecule has 2 fully saturated rings. The Labute approximate surface area is 113 Å². The number of nitrogens with zero attached hydrogens (tertiary/aromatic N) is 2. The highest BCUT2D eigenvalue weighted by molar-refractivity contribution is 7.15. The summed E-state index contributed by atoms with van der Waals surface area (Å²) in [5.41, 5.74) is 1.18. The Hall–Kier alpha value is -0.610. The van der Waals surface area contributed by atoms with Crippen molar-refractivity contribution in [1.29, 1.82) is 0 Å². The second-order valence-electron chi connectivity index (χ2n) is 5.79. The maximum Gasteiger partial charge on any atom is 0.186 e. The molecule has 2 atom stereocenters. The summed E-state index contributed by atoms with van der Waals surface area (Å²) in [5.74, 6) is 1.37. The van der Waals surface area contributed by atoms with Crippen LogP contribution in [0.25, 0.3) is 0 Å². The lowest BCUT2D eigenvalue weighted by molar-refractivity contribution is 0.284. The van der Waals surface area contributed by atoms with Crippen LogP contribution in [0.2, 0.25) is 0 Å². The minimum atomic E-state index is 0.154. The molecular formula is C14H22N2OS. The molecule has 2 heterocycles. The molecule has 0 amide bonds. The van der Waals surface area contributed by atoms with Gasteiger partial charge in [-0.25, -0.2) is 4.98 Å². The van der Waals surface area contributed by atoms with Gasteiger partial charge in [-0.1, -0.05) is 18.3 Å². The molecule has 1 aromatic rings. The van der Waals surface area contributed by atoms with Crippen molar-refractivity contribution in [3.05, 3.63) is 10.6 Å². The molecule has 0 bridgehead atoms. The molecule has 1 aliphatic heterocycles. The number of aliphatic hydroxyl groups excluding tert-OH is 1. The molecule has 1 aliphatic carbocycles. The van der Waals surface area contributed by atoms with E-state index < -0.39 is 0 Å². The van der Waals surface area contributed by atoms with E-state index in [4.69, 9.17) is 4.98 Å². The van der Waals surface area contributed by atoms with Gasteiger partial charge in [0.25, 0.3) is 0 Å². The second-order valence-corrected chi connectivity index (χ2v) is 6.85. The van der Waals surface area contributed by atoms with Crippen LogP contribution in [0, 0.1) is 5.92 Å². The fourth-order valence-corrected chi connectivity index (χ4v) is 3.99. The van der Waals surface area contributed by atoms with Gasteiger partial charge < -0.3 is 10.0 Å². The number of aromatic nitrogens is 1. The highest BCUT2D eigenvalue weighted by Crippen LogP contribution is 2.45. The average molecular weight is 266 g/mol. The van der Waals surface area contributed by atoms with Crippen molar-refractivity contribution in [2.24, 2.45) is 5.92 Å². The van der Waals surface area contributed by atoms with Gasteiger partial charge in [-0.15, -0.1) is 0 Å². The van der Waals surface area contributed by atoms with Crippen LogP contribution in [0.1, 0.15) is 56.0 Å². The zero-order valence-corrected chi connectivity index (χ0v) is 12.0. The summed E-state index contributed by atoms with van der Waals surface area (Å²) in [6, 6.07) is 0.573. The lowest BCUT2D eigenvalue weighted by atomic mass is 9.93. The van der Waals surface area contributed by atoms with E-state index in [1.807, 2.05) is 0 Å². The van der Waals surface area contributed by atoms with E-state index in [9.17, 15) is 5.11 Å². The maximum absolute atomic E-state index is 9.48. The Bertz CT molecular complexity index is 427. The molecule has 2 unspecified atom stereocenters. The smallest absolute Gasteiger partial charge is 0.186 e. The normalized spacial score (nSPS) is 28.7. The molecule has 0 aromatic carbocycles. The Morgan fingerprint density at radius 2 is 2.11 bits per heavy atom. The first-order valence-corrected chi connectivity index (χ1v) is 7.89. The molecule has 0 spiro atoms. The van der Waals surface area contributed by atoms with Gasteiger partial charge >= 0.3 is 0 Å². The zero-order chi connectivity index (χ0) is 12.7. The van der Waals surface area contributed by atoms with Crippen LogP contribution in [0.15, 0.2) is 0 Å². The molecule has 18 heavy (non-hydrogen) atoms. The van der Waals surface area contributed by atoms with E-state index in [0.717, 1.165) is 22.5 Å². The number of hydrogen-bond donors (Lipinski definition) is 1. The number of piperidine rings is 1. The van der Waals surface area contributed by atoms with E-state index in [2.05, 4.69) is 18.7 Å². The lowest BCUT2D eigenvalue weighted by Crippen LogP contribution is -2.42. The summed E-state index contributed by atoms with van der Waals surface area (Å²) in [4.78, 5) is 8.38. The van der Waals surface area contributed by atoms with Crippen LogP contribution in [-0.2, 0) is 6.61 Å². The monoisotopic (exact) mass is 266 g/mol. The minimum absolute atomic E-state index is 0.154. The molecule has 1 saturated heterocycles. The predicted molar refractivity (Wildman–Crippen MR) is 75.2 cm³/mol. The molecule has 1 saturated carbocycles. The summed E-state index contributed by atoms with van der Waals surface area (Å²) in [6.45, 7) is 5.91. The Morgan fingerprint density at radius 1 is 1.33 bits per heavy atom. The van der Waals surface area contributed by atoms with E-state index in [1.54, 1.807) is 11.3 Å². The Morgan fingerprint density at radius 3 is 2.78 bits per heavy atom. The number of anilines is 1. The van der Waals surface area contributed by atoms with E-state index in [0.29, 0.717) is 12.0 Å². The highest BCUT2D eigenvalue weighted by Gasteiger charge is 2.32. The van der Waals surface area contributed by atoms with Crippen molar-refractivity contribution in [1.82, 2.24) is 4.98 Å². The van der Waals surface area contributed by atoms with E-state index >= 15 is 0 Å². The molecule has 1 N–H and O–H groups in total. The third-order valence-electron chi connectivity index (χ3n) is 4.44. The maximum atomic E-state index is 9.48. The fourth-order valence-electron chi connectivity index (χ4n) is 2.87. The van der Waals surface area contributed by atoms with E-state index in [1.165, 1.54) is 31.4 Å². The third kappa shape index (κ3) is 2.16. The summed E-state index contributed by atoms with van der Waals surface area (Å²) < 4.78 is 0. The molecule has 2 aliphatic rings. The quantitative estimate of drug-likeness (QED) is 0.913. The van der Waals surface area contributed by atoms with Crippen molar-refractivity contribution in [2.45, 2.75) is 58.1 Å². The number of rotatable bonds is 3. The van der Waals surface area contributed by atoms with Gasteiger partial charge in [0.1, 0.15) is 0 Å². The van der Waals surface area contributed by atoms with Crippen molar-refractivity contribution >= 4 is 16.5 Å². The summed E-state index contributed by atoms with van der Waals surface area (Å²) in [7, 11) is 0. The number of aliphatic hydroxyl groups is 1. The van der Waals surface area contributed by atoms with Crippen LogP contribution < -0.4 is 4.90 Å². The molecule has 100 valence electrons. The molecule has 0 radical (unpaired) electrons. The number of thiazole rings is 1. The average Bonchev–Trinajstić information content (AvgIpc) is 3.13. The number of hydrogen-bond acceptors (Lipinski definition) is 4. The van der Waals surface area contributed by atoms with Crippen molar-refractivity contribution in [3.63, 3.8) is 0 Å². The van der Waals surface area contributed by atoms with Crippen molar-refractivity contribution < 1.29 is 5.11 Å². The van der Waals surface area contributed by atoms with Crippen LogP contribution in [0.3, 0.4) is 0 Å². The molecular weight excluding hydrogens is 244 g/mol. The van der Waals surface area contributed by atoms with Crippen LogP contribution in [0.5, 0.6) is 0 Å². The molecule has 4 heteroatoms. The first-order valence-electron chi connectivity index (χ1n) is 7.07. The largest absolute Gasteiger partial charge is 0.391 e. The molecule has 3 nitrogen and oxygen atoms in total. The minimum Gasteiger partial charge on any atom is -0.391 e. The first kappa shape index (κ1) is 12.4. The third-order valence-corrected chi connectivity index (χ3v) is 5.54. The SMILES string of the molecule is CC1CCCN(c2nc(C3CC3)c(CO)s2)C1C. The van der Waals surface area contributed by atoms with E-state index in [-0.39, 0.29) is 6.61 Å². The van der Waals surface area contributed by atoms with Crippen LogP contribution >= 0.6 is 11.3 Å². The zero-order valence-electron chi connectivity index (χ0n) is 11.2. The second kappa shape index (κ2) is 4.82. The van der Waals surface area contributed by atoms with Gasteiger partial charge in [-0.05, 0) is 38.5 Å². The summed E-state index contributed by atoms with van der Waals surface area (Å²) in [5, 5.41) is 10.6. The first-order chi connectivity index (χ1) is 8.70. The van der Waals surface area contributed by atoms with Crippen LogP contribution in [0.4, 0.5) is 5.13 Å². The van der Waals surface area contributed by atoms with Crippen molar-refractivity contribution in [3.8, 4) is 0 Å². The van der Waals surface area contributed by atoms with Gasteiger partial charge in [0, 0.05) is 18.5 Å². The van der Waals surface area contributed by atoms with Gasteiger partial charge in [-0.3, -0.25) is 0 Å². The van der Waals surface area contributed by atoms with Gasteiger partial charge in [-0.2, -0.15) is 0 Å². The standard InChI is InChI=1S/C14H22N2OS/c1-9-4-3-7-16(10(9)2)14-15-13(11-5-6-11)12(8-17)18-14/h9-11,17H,3-8H2,1-2H3. The summed E-state index contributed by atoms with van der Waals surface area (Å²) in [6.07, 6.45) is 5.09. The highest BCUT2D eigenvalue weighted by atomic mass is 32.1. The van der Waals surface area contributed by atoms with Gasteiger partial charge in [0.05, 0.1) is 17.2 Å². The topological polar surface area (TPSA) is 36.4 Å². The molecule has 3 rings (SSSR count). The summed E-state index contributed by atoms with van der Waals surface area (Å²) >= 11 is 1.70. The fraction of sp³-hybridized carbons (Fsp3) is 0.786. The van der Waals surface area contributed by atoms with Crippen molar-refractivity contribution in [2.75, 3.05) is 11.4 Å². The Balaban J connectivity index is 1.86. The predicted octanol–water partition coefficient (Wildman–Crippen LogP) is 3.14. The van der Waals surface area contributed by atoms with Gasteiger partial charge in [0.2, 0.25) is 0 Å². The Kier molecular flexibility index (Phi) is 3.32. The van der Waals surface area contributed by atoms with Gasteiger partial charge in [0.15, 0.2) is 5.13 Å².